The summed E-state index contributed by atoms with van der Waals surface area (Å²) in [7, 11) is 0. The zero-order chi connectivity index (χ0) is 19.6. The number of aromatic nitrogens is 4. The molecule has 0 spiro atoms. The fourth-order valence-electron chi connectivity index (χ4n) is 2.76. The SMILES string of the molecule is CCOC(=O)c1c(C)[nH]c(C(=O)OCn2nnc3ccccc3c2=O)c1C. The highest BCUT2D eigenvalue weighted by molar-refractivity contribution is 5.98. The van der Waals surface area contributed by atoms with Crippen molar-refractivity contribution in [1.82, 2.24) is 20.0 Å². The summed E-state index contributed by atoms with van der Waals surface area (Å²) in [5, 5.41) is 8.06. The van der Waals surface area contributed by atoms with Gasteiger partial charge in [-0.05, 0) is 38.5 Å². The van der Waals surface area contributed by atoms with Crippen molar-refractivity contribution in [3.63, 3.8) is 0 Å². The van der Waals surface area contributed by atoms with Gasteiger partial charge in [-0.1, -0.05) is 17.3 Å². The zero-order valence-electron chi connectivity index (χ0n) is 15.1. The standard InChI is InChI=1S/C18H18N4O5/c1-4-26-17(24)14-10(2)15(19-11(14)3)18(25)27-9-22-16(23)12-7-5-6-8-13(12)20-21-22/h5-8,19H,4,9H2,1-3H3. The molecule has 9 heteroatoms. The molecule has 0 saturated heterocycles. The van der Waals surface area contributed by atoms with E-state index in [1.54, 1.807) is 45.0 Å². The second-order valence-corrected chi connectivity index (χ2v) is 5.82. The fourth-order valence-corrected chi connectivity index (χ4v) is 2.76. The minimum Gasteiger partial charge on any atom is -0.462 e. The Morgan fingerprint density at radius 1 is 1.15 bits per heavy atom. The molecule has 0 atom stereocenters. The van der Waals surface area contributed by atoms with Crippen molar-refractivity contribution in [2.45, 2.75) is 27.5 Å². The average molecular weight is 370 g/mol. The summed E-state index contributed by atoms with van der Waals surface area (Å²) < 4.78 is 11.1. The van der Waals surface area contributed by atoms with E-state index in [0.717, 1.165) is 4.68 Å². The number of esters is 2. The van der Waals surface area contributed by atoms with Crippen LogP contribution in [0.3, 0.4) is 0 Å². The third kappa shape index (κ3) is 3.43. The van der Waals surface area contributed by atoms with Crippen LogP contribution in [0.5, 0.6) is 0 Å². The van der Waals surface area contributed by atoms with E-state index in [1.165, 1.54) is 0 Å². The molecule has 0 radical (unpaired) electrons. The van der Waals surface area contributed by atoms with Crippen molar-refractivity contribution < 1.29 is 19.1 Å². The van der Waals surface area contributed by atoms with Gasteiger partial charge in [0, 0.05) is 5.69 Å². The topological polar surface area (TPSA) is 116 Å². The van der Waals surface area contributed by atoms with E-state index >= 15 is 0 Å². The van der Waals surface area contributed by atoms with Crippen LogP contribution in [-0.4, -0.2) is 38.5 Å². The van der Waals surface area contributed by atoms with E-state index in [4.69, 9.17) is 9.47 Å². The summed E-state index contributed by atoms with van der Waals surface area (Å²) in [5.41, 5.74) is 1.39. The fraction of sp³-hybridized carbons (Fsp3) is 0.278. The quantitative estimate of drug-likeness (QED) is 0.680. The van der Waals surface area contributed by atoms with E-state index in [1.807, 2.05) is 0 Å². The molecule has 0 aliphatic carbocycles. The van der Waals surface area contributed by atoms with Crippen LogP contribution in [0, 0.1) is 13.8 Å². The lowest BCUT2D eigenvalue weighted by Gasteiger charge is -2.06. The number of ether oxygens (including phenoxy) is 2. The van der Waals surface area contributed by atoms with Crippen LogP contribution in [0.4, 0.5) is 0 Å². The van der Waals surface area contributed by atoms with Gasteiger partial charge in [-0.25, -0.2) is 9.59 Å². The number of aryl methyl sites for hydroxylation is 1. The highest BCUT2D eigenvalue weighted by Crippen LogP contribution is 2.20. The molecule has 140 valence electrons. The molecule has 2 aromatic heterocycles. The normalized spacial score (nSPS) is 10.8. The summed E-state index contributed by atoms with van der Waals surface area (Å²) in [6.45, 7) is 4.81. The number of hydrogen-bond acceptors (Lipinski definition) is 7. The van der Waals surface area contributed by atoms with Crippen LogP contribution < -0.4 is 5.56 Å². The number of hydrogen-bond donors (Lipinski definition) is 1. The third-order valence-corrected chi connectivity index (χ3v) is 4.07. The largest absolute Gasteiger partial charge is 0.462 e. The smallest absolute Gasteiger partial charge is 0.356 e. The first-order valence-corrected chi connectivity index (χ1v) is 8.30. The van der Waals surface area contributed by atoms with E-state index in [-0.39, 0.29) is 12.3 Å². The molecule has 1 aromatic carbocycles. The van der Waals surface area contributed by atoms with Gasteiger partial charge in [0.1, 0.15) is 11.2 Å². The lowest BCUT2D eigenvalue weighted by atomic mass is 10.1. The number of benzene rings is 1. The number of nitrogens with zero attached hydrogens (tertiary/aromatic N) is 3. The van der Waals surface area contributed by atoms with Gasteiger partial charge in [0.05, 0.1) is 17.6 Å². The van der Waals surface area contributed by atoms with Crippen LogP contribution in [0.25, 0.3) is 10.9 Å². The van der Waals surface area contributed by atoms with Gasteiger partial charge in [-0.2, -0.15) is 4.68 Å². The van der Waals surface area contributed by atoms with Crippen LogP contribution in [-0.2, 0) is 16.2 Å². The van der Waals surface area contributed by atoms with Gasteiger partial charge < -0.3 is 14.5 Å². The summed E-state index contributed by atoms with van der Waals surface area (Å²) in [6.07, 6.45) is 0. The predicted octanol–water partition coefficient (Wildman–Crippen LogP) is 1.73. The van der Waals surface area contributed by atoms with E-state index in [9.17, 15) is 14.4 Å². The van der Waals surface area contributed by atoms with Crippen LogP contribution in [0.2, 0.25) is 0 Å². The molecular formula is C18H18N4O5. The van der Waals surface area contributed by atoms with Gasteiger partial charge in [0.25, 0.3) is 5.56 Å². The first-order valence-electron chi connectivity index (χ1n) is 8.30. The van der Waals surface area contributed by atoms with Gasteiger partial charge in [0.2, 0.25) is 0 Å². The Morgan fingerprint density at radius 3 is 2.63 bits per heavy atom. The Kier molecular flexibility index (Phi) is 5.02. The van der Waals surface area contributed by atoms with Gasteiger partial charge in [-0.3, -0.25) is 4.79 Å². The lowest BCUT2D eigenvalue weighted by molar-refractivity contribution is 0.0329. The molecule has 3 rings (SSSR count). The Labute approximate surface area is 153 Å². The number of rotatable bonds is 5. The van der Waals surface area contributed by atoms with Crippen molar-refractivity contribution in [3.8, 4) is 0 Å². The van der Waals surface area contributed by atoms with Crippen molar-refractivity contribution in [3.05, 3.63) is 57.1 Å². The van der Waals surface area contributed by atoms with Crippen molar-refractivity contribution in [2.75, 3.05) is 6.61 Å². The first-order chi connectivity index (χ1) is 12.9. The highest BCUT2D eigenvalue weighted by Gasteiger charge is 2.24. The first kappa shape index (κ1) is 18.3. The number of nitrogens with one attached hydrogen (secondary N) is 1. The molecule has 0 fully saturated rings. The van der Waals surface area contributed by atoms with Crippen molar-refractivity contribution in [1.29, 1.82) is 0 Å². The van der Waals surface area contributed by atoms with Crippen molar-refractivity contribution in [2.24, 2.45) is 0 Å². The van der Waals surface area contributed by atoms with Gasteiger partial charge in [0.15, 0.2) is 6.73 Å². The molecule has 0 saturated carbocycles. The number of H-pyrrole nitrogens is 1. The second kappa shape index (κ2) is 7.40. The number of carbonyl (C=O) groups is 2. The summed E-state index contributed by atoms with van der Waals surface area (Å²) in [6, 6.07) is 6.75. The predicted molar refractivity (Wildman–Crippen MR) is 95.4 cm³/mol. The second-order valence-electron chi connectivity index (χ2n) is 5.82. The molecule has 3 aromatic rings. The van der Waals surface area contributed by atoms with E-state index < -0.39 is 24.2 Å². The van der Waals surface area contributed by atoms with Crippen molar-refractivity contribution >= 4 is 22.8 Å². The summed E-state index contributed by atoms with van der Waals surface area (Å²) >= 11 is 0. The van der Waals surface area contributed by atoms with Gasteiger partial charge in [-0.15, -0.1) is 5.10 Å². The molecule has 0 aliphatic rings. The Hall–Kier alpha value is -3.49. The minimum absolute atomic E-state index is 0.123. The molecular weight excluding hydrogens is 352 g/mol. The Morgan fingerprint density at radius 2 is 1.89 bits per heavy atom. The Bertz CT molecular complexity index is 1080. The highest BCUT2D eigenvalue weighted by atomic mass is 16.5. The lowest BCUT2D eigenvalue weighted by Crippen LogP contribution is -2.26. The number of fused-ring (bicyclic) bond motifs is 1. The minimum atomic E-state index is -0.715. The molecule has 0 amide bonds. The van der Waals surface area contributed by atoms with Crippen LogP contribution >= 0.6 is 0 Å². The Balaban J connectivity index is 1.81. The molecule has 0 unspecified atom stereocenters. The maximum Gasteiger partial charge on any atom is 0.356 e. The van der Waals surface area contributed by atoms with Crippen LogP contribution in [0.1, 0.15) is 39.0 Å². The number of aromatic amines is 1. The molecule has 1 N–H and O–H groups in total. The third-order valence-electron chi connectivity index (χ3n) is 4.07. The molecule has 0 bridgehead atoms. The molecule has 0 aliphatic heterocycles. The monoisotopic (exact) mass is 370 g/mol. The van der Waals surface area contributed by atoms with Crippen LogP contribution in [0.15, 0.2) is 29.1 Å². The molecule has 9 nitrogen and oxygen atoms in total. The number of carbonyl (C=O) groups excluding carboxylic acids is 2. The van der Waals surface area contributed by atoms with E-state index in [0.29, 0.717) is 27.7 Å². The maximum atomic E-state index is 12.4. The van der Waals surface area contributed by atoms with Gasteiger partial charge >= 0.3 is 11.9 Å². The average Bonchev–Trinajstić information content (AvgIpc) is 2.96. The summed E-state index contributed by atoms with van der Waals surface area (Å²) in [4.78, 5) is 39.6. The zero-order valence-corrected chi connectivity index (χ0v) is 15.1. The maximum absolute atomic E-state index is 12.4. The molecule has 27 heavy (non-hydrogen) atoms. The summed E-state index contributed by atoms with van der Waals surface area (Å²) in [5.74, 6) is -1.23. The van der Waals surface area contributed by atoms with E-state index in [2.05, 4.69) is 15.3 Å². The molecule has 2 heterocycles.